The lowest BCUT2D eigenvalue weighted by atomic mass is 10.2. The molecule has 0 saturated carbocycles. The van der Waals surface area contributed by atoms with E-state index in [1.165, 1.54) is 0 Å². The molecule has 0 atom stereocenters. The first kappa shape index (κ1) is 13.1. The monoisotopic (exact) mass is 259 g/mol. The summed E-state index contributed by atoms with van der Waals surface area (Å²) >= 11 is 0. The van der Waals surface area contributed by atoms with E-state index >= 15 is 0 Å². The maximum Gasteiger partial charge on any atom is 0.335 e. The SMILES string of the molecule is CC(C)n1cncc1CNc1ccc(C(=O)O)cc1. The van der Waals surface area contributed by atoms with Crippen LogP contribution in [-0.4, -0.2) is 20.6 Å². The Morgan fingerprint density at radius 3 is 2.63 bits per heavy atom. The van der Waals surface area contributed by atoms with Crippen LogP contribution in [0.5, 0.6) is 0 Å². The lowest BCUT2D eigenvalue weighted by molar-refractivity contribution is 0.0697. The third kappa shape index (κ3) is 3.13. The summed E-state index contributed by atoms with van der Waals surface area (Å²) in [5, 5.41) is 12.1. The molecule has 0 spiro atoms. The van der Waals surface area contributed by atoms with E-state index in [1.807, 2.05) is 12.5 Å². The van der Waals surface area contributed by atoms with Crippen molar-refractivity contribution in [3.63, 3.8) is 0 Å². The van der Waals surface area contributed by atoms with E-state index in [9.17, 15) is 4.79 Å². The third-order valence-electron chi connectivity index (χ3n) is 2.91. The zero-order valence-corrected chi connectivity index (χ0v) is 11.0. The number of nitrogens with zero attached hydrogens (tertiary/aromatic N) is 2. The van der Waals surface area contributed by atoms with E-state index in [1.54, 1.807) is 24.3 Å². The molecule has 1 heterocycles. The molecule has 19 heavy (non-hydrogen) atoms. The number of rotatable bonds is 5. The standard InChI is InChI=1S/C14H17N3O2/c1-10(2)17-9-15-7-13(17)8-16-12-5-3-11(4-6-12)14(18)19/h3-7,9-10,16H,8H2,1-2H3,(H,18,19). The number of nitrogens with one attached hydrogen (secondary N) is 1. The zero-order valence-electron chi connectivity index (χ0n) is 11.0. The molecule has 0 radical (unpaired) electrons. The van der Waals surface area contributed by atoms with Crippen molar-refractivity contribution in [1.29, 1.82) is 0 Å². The maximum absolute atomic E-state index is 10.7. The molecule has 0 aliphatic rings. The lowest BCUT2D eigenvalue weighted by Gasteiger charge is -2.13. The van der Waals surface area contributed by atoms with Crippen LogP contribution in [0, 0.1) is 0 Å². The van der Waals surface area contributed by atoms with Crippen LogP contribution in [0.3, 0.4) is 0 Å². The number of carboxylic acid groups (broad SMARTS) is 1. The Kier molecular flexibility index (Phi) is 3.85. The van der Waals surface area contributed by atoms with Gasteiger partial charge in [-0.15, -0.1) is 0 Å². The van der Waals surface area contributed by atoms with Gasteiger partial charge in [0, 0.05) is 17.9 Å². The molecule has 2 aromatic rings. The van der Waals surface area contributed by atoms with Gasteiger partial charge in [-0.25, -0.2) is 9.78 Å². The number of benzene rings is 1. The van der Waals surface area contributed by atoms with Gasteiger partial charge in [-0.2, -0.15) is 0 Å². The molecule has 2 N–H and O–H groups in total. The number of carbonyl (C=O) groups is 1. The number of hydrogen-bond donors (Lipinski definition) is 2. The highest BCUT2D eigenvalue weighted by molar-refractivity contribution is 5.87. The first-order chi connectivity index (χ1) is 9.08. The Bertz CT molecular complexity index is 558. The number of aromatic nitrogens is 2. The van der Waals surface area contributed by atoms with Gasteiger partial charge in [-0.3, -0.25) is 0 Å². The summed E-state index contributed by atoms with van der Waals surface area (Å²) in [5.41, 5.74) is 2.27. The van der Waals surface area contributed by atoms with Gasteiger partial charge in [0.05, 0.1) is 24.1 Å². The van der Waals surface area contributed by atoms with Gasteiger partial charge in [0.2, 0.25) is 0 Å². The fraction of sp³-hybridized carbons (Fsp3) is 0.286. The highest BCUT2D eigenvalue weighted by atomic mass is 16.4. The topological polar surface area (TPSA) is 67.2 Å². The van der Waals surface area contributed by atoms with Crippen LogP contribution in [0.1, 0.15) is 35.9 Å². The highest BCUT2D eigenvalue weighted by Gasteiger charge is 2.05. The summed E-state index contributed by atoms with van der Waals surface area (Å²) in [7, 11) is 0. The third-order valence-corrected chi connectivity index (χ3v) is 2.91. The van der Waals surface area contributed by atoms with Crippen LogP contribution in [0.4, 0.5) is 5.69 Å². The largest absolute Gasteiger partial charge is 0.478 e. The van der Waals surface area contributed by atoms with Crippen molar-refractivity contribution < 1.29 is 9.90 Å². The summed E-state index contributed by atoms with van der Waals surface area (Å²) in [5.74, 6) is -0.913. The predicted molar refractivity (Wildman–Crippen MR) is 73.3 cm³/mol. The minimum absolute atomic E-state index is 0.290. The zero-order chi connectivity index (χ0) is 13.8. The van der Waals surface area contributed by atoms with E-state index in [-0.39, 0.29) is 5.56 Å². The Morgan fingerprint density at radius 1 is 1.37 bits per heavy atom. The Balaban J connectivity index is 2.02. The molecule has 0 amide bonds. The van der Waals surface area contributed by atoms with Crippen molar-refractivity contribution in [2.45, 2.75) is 26.4 Å². The Hall–Kier alpha value is -2.30. The molecule has 5 nitrogen and oxygen atoms in total. The van der Waals surface area contributed by atoms with Crippen LogP contribution in [0.15, 0.2) is 36.8 Å². The molecule has 2 rings (SSSR count). The van der Waals surface area contributed by atoms with Crippen molar-refractivity contribution in [2.24, 2.45) is 0 Å². The summed E-state index contributed by atoms with van der Waals surface area (Å²) in [6.45, 7) is 4.87. The number of anilines is 1. The average Bonchev–Trinajstić information content (AvgIpc) is 2.85. The molecule has 1 aromatic heterocycles. The molecule has 5 heteroatoms. The van der Waals surface area contributed by atoms with Crippen molar-refractivity contribution in [1.82, 2.24) is 9.55 Å². The van der Waals surface area contributed by atoms with E-state index in [0.717, 1.165) is 11.4 Å². The fourth-order valence-corrected chi connectivity index (χ4v) is 1.86. The molecular weight excluding hydrogens is 242 g/mol. The predicted octanol–water partition coefficient (Wildman–Crippen LogP) is 2.77. The van der Waals surface area contributed by atoms with Crippen molar-refractivity contribution in [3.8, 4) is 0 Å². The van der Waals surface area contributed by atoms with Crippen molar-refractivity contribution in [3.05, 3.63) is 48.0 Å². The summed E-state index contributed by atoms with van der Waals surface area (Å²) in [4.78, 5) is 14.9. The van der Waals surface area contributed by atoms with Crippen LogP contribution in [0.2, 0.25) is 0 Å². The molecule has 1 aromatic carbocycles. The molecule has 100 valence electrons. The number of aromatic carboxylic acids is 1. The summed E-state index contributed by atoms with van der Waals surface area (Å²) in [6, 6.07) is 7.07. The van der Waals surface area contributed by atoms with Crippen LogP contribution < -0.4 is 5.32 Å². The van der Waals surface area contributed by atoms with E-state index in [0.29, 0.717) is 12.6 Å². The van der Waals surface area contributed by atoms with E-state index in [2.05, 4.69) is 28.7 Å². The first-order valence-electron chi connectivity index (χ1n) is 6.16. The quantitative estimate of drug-likeness (QED) is 0.866. The van der Waals surface area contributed by atoms with Gasteiger partial charge in [0.25, 0.3) is 0 Å². The van der Waals surface area contributed by atoms with Crippen LogP contribution >= 0.6 is 0 Å². The minimum atomic E-state index is -0.913. The van der Waals surface area contributed by atoms with Crippen LogP contribution in [-0.2, 0) is 6.54 Å². The second-order valence-electron chi connectivity index (χ2n) is 4.62. The van der Waals surface area contributed by atoms with Gasteiger partial charge >= 0.3 is 5.97 Å². The van der Waals surface area contributed by atoms with Gasteiger partial charge in [0.15, 0.2) is 0 Å². The molecule has 0 fully saturated rings. The number of carboxylic acids is 1. The lowest BCUT2D eigenvalue weighted by Crippen LogP contribution is -2.08. The minimum Gasteiger partial charge on any atom is -0.478 e. The van der Waals surface area contributed by atoms with E-state index in [4.69, 9.17) is 5.11 Å². The normalized spacial score (nSPS) is 10.7. The van der Waals surface area contributed by atoms with Gasteiger partial charge in [-0.05, 0) is 38.1 Å². The first-order valence-corrected chi connectivity index (χ1v) is 6.16. The molecule has 0 unspecified atom stereocenters. The van der Waals surface area contributed by atoms with Gasteiger partial charge in [0.1, 0.15) is 0 Å². The highest BCUT2D eigenvalue weighted by Crippen LogP contribution is 2.13. The second kappa shape index (κ2) is 5.56. The summed E-state index contributed by atoms with van der Waals surface area (Å²) in [6.07, 6.45) is 3.65. The van der Waals surface area contributed by atoms with Crippen LogP contribution in [0.25, 0.3) is 0 Å². The van der Waals surface area contributed by atoms with Crippen molar-refractivity contribution >= 4 is 11.7 Å². The Morgan fingerprint density at radius 2 is 2.05 bits per heavy atom. The second-order valence-corrected chi connectivity index (χ2v) is 4.62. The molecular formula is C14H17N3O2. The molecule has 0 saturated heterocycles. The van der Waals surface area contributed by atoms with Gasteiger partial charge < -0.3 is 15.0 Å². The smallest absolute Gasteiger partial charge is 0.335 e. The average molecular weight is 259 g/mol. The Labute approximate surface area is 111 Å². The molecule has 0 bridgehead atoms. The molecule has 0 aliphatic heterocycles. The van der Waals surface area contributed by atoms with Crippen molar-refractivity contribution in [2.75, 3.05) is 5.32 Å². The fourth-order valence-electron chi connectivity index (χ4n) is 1.86. The van der Waals surface area contributed by atoms with E-state index < -0.39 is 5.97 Å². The molecule has 0 aliphatic carbocycles. The summed E-state index contributed by atoms with van der Waals surface area (Å²) < 4.78 is 2.10. The number of hydrogen-bond acceptors (Lipinski definition) is 3. The number of imidazole rings is 1. The van der Waals surface area contributed by atoms with Gasteiger partial charge in [-0.1, -0.05) is 0 Å². The maximum atomic E-state index is 10.7.